The Bertz CT molecular complexity index is 1190. The second-order valence-corrected chi connectivity index (χ2v) is 9.42. The fourth-order valence-electron chi connectivity index (χ4n) is 4.33. The molecule has 9 nitrogen and oxygen atoms in total. The highest BCUT2D eigenvalue weighted by molar-refractivity contribution is 8.00. The van der Waals surface area contributed by atoms with Crippen LogP contribution in [0, 0.1) is 28.6 Å². The molecule has 2 aromatic rings. The summed E-state index contributed by atoms with van der Waals surface area (Å²) < 4.78 is 0. The molecule has 1 amide bonds. The summed E-state index contributed by atoms with van der Waals surface area (Å²) in [4.78, 5) is 31.2. The number of carboxylic acids is 1. The molecule has 1 aromatic carbocycles. The quantitative estimate of drug-likeness (QED) is 0.288. The number of rotatable bonds is 12. The molecule has 0 spiro atoms. The first-order chi connectivity index (χ1) is 17.1. The number of aromatic nitrogens is 1. The predicted molar refractivity (Wildman–Crippen MR) is 139 cm³/mol. The molecule has 1 heterocycles. The van der Waals surface area contributed by atoms with Gasteiger partial charge < -0.3 is 15.7 Å². The normalized spacial score (nSPS) is 14.1. The van der Waals surface area contributed by atoms with E-state index in [1.807, 2.05) is 19.9 Å². The third-order valence-corrected chi connectivity index (χ3v) is 7.62. The first-order valence-electron chi connectivity index (χ1n) is 11.7. The molecule has 0 aliphatic carbocycles. The number of nitriles is 2. The minimum absolute atomic E-state index is 0.121. The standard InChI is InChI=1S/C26H32N6O3S/c1-6-16(4)26(25(34)35,30-8-3)32(5)23-19(14-27)18(7-2)20(15-28)24(31-23)36-21(22(29)33)17-12-10-9-11-13-17/h9-13,16,21,30H,6-8H2,1-5H3,(H2,29,33)(H,34,35)/t16?,21?,26-/m0/s1. The van der Waals surface area contributed by atoms with Gasteiger partial charge in [0.25, 0.3) is 0 Å². The maximum Gasteiger partial charge on any atom is 0.345 e. The number of carboxylic acid groups (broad SMARTS) is 1. The van der Waals surface area contributed by atoms with Crippen LogP contribution in [0.25, 0.3) is 0 Å². The molecule has 2 unspecified atom stereocenters. The first-order valence-corrected chi connectivity index (χ1v) is 12.6. The van der Waals surface area contributed by atoms with Crippen LogP contribution in [0.1, 0.15) is 61.6 Å². The summed E-state index contributed by atoms with van der Waals surface area (Å²) in [6.45, 7) is 7.68. The van der Waals surface area contributed by atoms with Crippen LogP contribution in [0.4, 0.5) is 5.82 Å². The van der Waals surface area contributed by atoms with E-state index in [-0.39, 0.29) is 27.9 Å². The average molecular weight is 509 g/mol. The van der Waals surface area contributed by atoms with Gasteiger partial charge in [-0.15, -0.1) is 0 Å². The van der Waals surface area contributed by atoms with Crippen molar-refractivity contribution < 1.29 is 14.7 Å². The van der Waals surface area contributed by atoms with Crippen LogP contribution in [0.15, 0.2) is 35.4 Å². The fraction of sp³-hybridized carbons (Fsp3) is 0.423. The first kappa shape index (κ1) is 28.6. The summed E-state index contributed by atoms with van der Waals surface area (Å²) >= 11 is 1.02. The van der Waals surface area contributed by atoms with Gasteiger partial charge in [0.1, 0.15) is 28.2 Å². The van der Waals surface area contributed by atoms with Gasteiger partial charge in [0.15, 0.2) is 5.66 Å². The number of carbonyl (C=O) groups excluding carboxylic acids is 1. The summed E-state index contributed by atoms with van der Waals surface area (Å²) in [6.07, 6.45) is 0.877. The molecular formula is C26H32N6O3S. The number of pyridine rings is 1. The third-order valence-electron chi connectivity index (χ3n) is 6.36. The highest BCUT2D eigenvalue weighted by atomic mass is 32.2. The number of anilines is 1. The number of carbonyl (C=O) groups is 2. The molecule has 0 fully saturated rings. The molecule has 0 aliphatic rings. The van der Waals surface area contributed by atoms with Crippen molar-refractivity contribution in [3.05, 3.63) is 52.6 Å². The van der Waals surface area contributed by atoms with Crippen LogP contribution in [0.2, 0.25) is 0 Å². The fourth-order valence-corrected chi connectivity index (χ4v) is 5.38. The summed E-state index contributed by atoms with van der Waals surface area (Å²) in [7, 11) is 1.58. The van der Waals surface area contributed by atoms with E-state index in [0.717, 1.165) is 11.8 Å². The van der Waals surface area contributed by atoms with E-state index in [1.54, 1.807) is 45.2 Å². The van der Waals surface area contributed by atoms with Crippen LogP contribution < -0.4 is 16.0 Å². The highest BCUT2D eigenvalue weighted by Crippen LogP contribution is 2.41. The monoisotopic (exact) mass is 508 g/mol. The van der Waals surface area contributed by atoms with Gasteiger partial charge in [-0.2, -0.15) is 10.5 Å². The number of likely N-dealkylation sites (N-methyl/N-ethyl adjacent to an activating group) is 2. The van der Waals surface area contributed by atoms with Crippen LogP contribution >= 0.6 is 11.8 Å². The number of hydrogen-bond donors (Lipinski definition) is 3. The number of amides is 1. The van der Waals surface area contributed by atoms with E-state index in [0.29, 0.717) is 30.5 Å². The lowest BCUT2D eigenvalue weighted by Gasteiger charge is -2.44. The number of nitrogens with two attached hydrogens (primary N) is 1. The summed E-state index contributed by atoms with van der Waals surface area (Å²) in [5.74, 6) is -1.97. The lowest BCUT2D eigenvalue weighted by molar-refractivity contribution is -0.147. The molecule has 4 N–H and O–H groups in total. The van der Waals surface area contributed by atoms with Gasteiger partial charge in [-0.3, -0.25) is 10.1 Å². The van der Waals surface area contributed by atoms with Gasteiger partial charge in [-0.05, 0) is 30.5 Å². The lowest BCUT2D eigenvalue weighted by Crippen LogP contribution is -2.67. The molecule has 36 heavy (non-hydrogen) atoms. The zero-order valence-corrected chi connectivity index (χ0v) is 22.0. The Morgan fingerprint density at radius 3 is 2.25 bits per heavy atom. The molecule has 3 atom stereocenters. The average Bonchev–Trinajstić information content (AvgIpc) is 2.88. The van der Waals surface area contributed by atoms with Crippen LogP contribution in [-0.4, -0.2) is 41.2 Å². The van der Waals surface area contributed by atoms with Crippen molar-refractivity contribution in [3.8, 4) is 12.1 Å². The Balaban J connectivity index is 2.86. The largest absolute Gasteiger partial charge is 0.478 e. The van der Waals surface area contributed by atoms with Gasteiger partial charge >= 0.3 is 5.97 Å². The molecule has 0 radical (unpaired) electrons. The highest BCUT2D eigenvalue weighted by Gasteiger charge is 2.48. The molecule has 1 aromatic heterocycles. The van der Waals surface area contributed by atoms with E-state index in [1.165, 1.54) is 4.90 Å². The molecule has 0 aliphatic heterocycles. The van der Waals surface area contributed by atoms with Crippen LogP contribution in [0.3, 0.4) is 0 Å². The topological polar surface area (TPSA) is 156 Å². The number of nitrogens with zero attached hydrogens (tertiary/aromatic N) is 4. The molecule has 0 saturated carbocycles. The van der Waals surface area contributed by atoms with Crippen molar-refractivity contribution in [2.24, 2.45) is 11.7 Å². The maximum absolute atomic E-state index is 12.7. The molecule has 0 saturated heterocycles. The lowest BCUT2D eigenvalue weighted by atomic mass is 9.89. The second-order valence-electron chi connectivity index (χ2n) is 8.33. The Morgan fingerprint density at radius 1 is 1.19 bits per heavy atom. The summed E-state index contributed by atoms with van der Waals surface area (Å²) in [6, 6.07) is 13.2. The van der Waals surface area contributed by atoms with Gasteiger partial charge in [0.05, 0.1) is 11.1 Å². The smallest absolute Gasteiger partial charge is 0.345 e. The second kappa shape index (κ2) is 12.4. The van der Waals surface area contributed by atoms with Crippen LogP contribution in [0.5, 0.6) is 0 Å². The predicted octanol–water partition coefficient (Wildman–Crippen LogP) is 3.58. The van der Waals surface area contributed by atoms with Crippen molar-refractivity contribution >= 4 is 29.5 Å². The van der Waals surface area contributed by atoms with Crippen molar-refractivity contribution in [1.29, 1.82) is 10.5 Å². The molecule has 190 valence electrons. The minimum atomic E-state index is -1.56. The minimum Gasteiger partial charge on any atom is -0.478 e. The number of primary amides is 1. The third kappa shape index (κ3) is 5.30. The van der Waals surface area contributed by atoms with E-state index in [9.17, 15) is 25.2 Å². The molecule has 10 heteroatoms. The van der Waals surface area contributed by atoms with E-state index in [2.05, 4.69) is 22.4 Å². The maximum atomic E-state index is 12.7. The zero-order valence-electron chi connectivity index (χ0n) is 21.2. The number of hydrogen-bond acceptors (Lipinski definition) is 8. The molecule has 0 bridgehead atoms. The number of nitrogens with one attached hydrogen (secondary N) is 1. The van der Waals surface area contributed by atoms with E-state index < -0.39 is 22.8 Å². The van der Waals surface area contributed by atoms with E-state index >= 15 is 0 Å². The van der Waals surface area contributed by atoms with Crippen molar-refractivity contribution in [3.63, 3.8) is 0 Å². The van der Waals surface area contributed by atoms with Gasteiger partial charge in [-0.25, -0.2) is 9.78 Å². The van der Waals surface area contributed by atoms with Gasteiger partial charge in [-0.1, -0.05) is 69.8 Å². The Labute approximate surface area is 216 Å². The molecule has 2 rings (SSSR count). The van der Waals surface area contributed by atoms with Crippen LogP contribution in [-0.2, 0) is 16.0 Å². The number of thioether (sulfide) groups is 1. The zero-order chi connectivity index (χ0) is 27.0. The number of benzene rings is 1. The number of aliphatic carboxylic acids is 1. The SMILES string of the molecule is CCN[C@@](C(=O)O)(C(C)CC)N(C)c1nc(SC(C(N)=O)c2ccccc2)c(C#N)c(CC)c1C#N. The Morgan fingerprint density at radius 2 is 1.81 bits per heavy atom. The van der Waals surface area contributed by atoms with E-state index in [4.69, 9.17) is 5.73 Å². The Hall–Kier alpha value is -3.60. The Kier molecular flexibility index (Phi) is 9.85. The summed E-state index contributed by atoms with van der Waals surface area (Å²) in [5.41, 5.74) is 5.54. The van der Waals surface area contributed by atoms with Crippen molar-refractivity contribution in [2.75, 3.05) is 18.5 Å². The molecular weight excluding hydrogens is 476 g/mol. The van der Waals surface area contributed by atoms with Crippen molar-refractivity contribution in [1.82, 2.24) is 10.3 Å². The van der Waals surface area contributed by atoms with Crippen molar-refractivity contribution in [2.45, 2.75) is 56.5 Å². The van der Waals surface area contributed by atoms with Gasteiger partial charge in [0.2, 0.25) is 5.91 Å². The summed E-state index contributed by atoms with van der Waals surface area (Å²) in [5, 5.41) is 33.0. The van der Waals surface area contributed by atoms with Gasteiger partial charge in [0, 0.05) is 13.0 Å².